The molecule has 2 heterocycles. The van der Waals surface area contributed by atoms with E-state index in [4.69, 9.17) is 11.6 Å². The number of rotatable bonds is 3. The lowest BCUT2D eigenvalue weighted by molar-refractivity contribution is 0.437. The highest BCUT2D eigenvalue weighted by Gasteiger charge is 2.28. The monoisotopic (exact) mass is 414 g/mol. The van der Waals surface area contributed by atoms with E-state index in [-0.39, 0.29) is 9.79 Å². The van der Waals surface area contributed by atoms with E-state index >= 15 is 0 Å². The predicted octanol–water partition coefficient (Wildman–Crippen LogP) is 5.27. The largest absolute Gasteiger partial charge is 0.370 e. The summed E-state index contributed by atoms with van der Waals surface area (Å²) in [5.41, 5.74) is 2.67. The summed E-state index contributed by atoms with van der Waals surface area (Å²) >= 11 is 5.95. The Morgan fingerprint density at radius 1 is 1.07 bits per heavy atom. The third-order valence-corrected chi connectivity index (χ3v) is 7.50. The first-order chi connectivity index (χ1) is 13.4. The maximum absolute atomic E-state index is 13.5. The van der Waals surface area contributed by atoms with Crippen molar-refractivity contribution in [2.45, 2.75) is 36.5 Å². The van der Waals surface area contributed by atoms with Crippen molar-refractivity contribution in [3.63, 3.8) is 0 Å². The number of pyridine rings is 1. The number of fused-ring (bicyclic) bond motifs is 1. The zero-order valence-corrected chi connectivity index (χ0v) is 17.6. The van der Waals surface area contributed by atoms with Crippen molar-refractivity contribution in [2.75, 3.05) is 18.0 Å². The number of hydrogen-bond donors (Lipinski definition) is 0. The minimum Gasteiger partial charge on any atom is -0.370 e. The third-order valence-electron chi connectivity index (χ3n) is 5.47. The van der Waals surface area contributed by atoms with Crippen LogP contribution in [0, 0.1) is 12.8 Å². The summed E-state index contributed by atoms with van der Waals surface area (Å²) in [6.07, 6.45) is 3.61. The van der Waals surface area contributed by atoms with Crippen molar-refractivity contribution in [2.24, 2.45) is 5.92 Å². The van der Waals surface area contributed by atoms with E-state index in [1.165, 1.54) is 6.20 Å². The zero-order chi connectivity index (χ0) is 19.9. The predicted molar refractivity (Wildman–Crippen MR) is 114 cm³/mol. The number of benzene rings is 2. The molecule has 1 saturated heterocycles. The molecule has 0 N–H and O–H groups in total. The number of piperidine rings is 1. The van der Waals surface area contributed by atoms with E-state index in [2.05, 4.69) is 16.8 Å². The molecule has 0 amide bonds. The lowest BCUT2D eigenvalue weighted by atomic mass is 9.98. The fourth-order valence-electron chi connectivity index (χ4n) is 3.77. The number of hydrogen-bond acceptors (Lipinski definition) is 4. The van der Waals surface area contributed by atoms with Gasteiger partial charge in [0.05, 0.1) is 16.1 Å². The Morgan fingerprint density at radius 2 is 1.75 bits per heavy atom. The Hall–Kier alpha value is -2.11. The number of aryl methyl sites for hydroxylation is 1. The molecular formula is C22H23ClN2O2S. The van der Waals surface area contributed by atoms with Gasteiger partial charge in [0.1, 0.15) is 4.90 Å². The van der Waals surface area contributed by atoms with E-state index in [0.29, 0.717) is 10.9 Å². The van der Waals surface area contributed by atoms with E-state index in [0.717, 1.165) is 48.1 Å². The molecule has 0 unspecified atom stereocenters. The van der Waals surface area contributed by atoms with Gasteiger partial charge in [-0.2, -0.15) is 0 Å². The molecule has 0 bridgehead atoms. The smallest absolute Gasteiger partial charge is 0.210 e. The molecule has 28 heavy (non-hydrogen) atoms. The molecule has 4 rings (SSSR count). The normalized spacial score (nSPS) is 15.9. The van der Waals surface area contributed by atoms with E-state index in [9.17, 15) is 8.42 Å². The molecule has 0 saturated carbocycles. The van der Waals surface area contributed by atoms with Crippen LogP contribution < -0.4 is 4.90 Å². The number of halogens is 1. The molecule has 1 fully saturated rings. The first-order valence-corrected chi connectivity index (χ1v) is 11.4. The van der Waals surface area contributed by atoms with Crippen LogP contribution in [0.4, 0.5) is 5.69 Å². The molecule has 0 radical (unpaired) electrons. The summed E-state index contributed by atoms with van der Waals surface area (Å²) in [6, 6.07) is 12.3. The fourth-order valence-corrected chi connectivity index (χ4v) is 5.33. The van der Waals surface area contributed by atoms with Gasteiger partial charge in [-0.3, -0.25) is 4.98 Å². The Bertz CT molecular complexity index is 1120. The van der Waals surface area contributed by atoms with Gasteiger partial charge in [0.2, 0.25) is 9.84 Å². The van der Waals surface area contributed by atoms with Gasteiger partial charge in [-0.25, -0.2) is 8.42 Å². The van der Waals surface area contributed by atoms with Gasteiger partial charge in [0.15, 0.2) is 0 Å². The van der Waals surface area contributed by atoms with E-state index in [1.807, 2.05) is 25.1 Å². The van der Waals surface area contributed by atoms with Crippen molar-refractivity contribution in [3.8, 4) is 0 Å². The van der Waals surface area contributed by atoms with Gasteiger partial charge in [-0.15, -0.1) is 0 Å². The first kappa shape index (κ1) is 19.2. The van der Waals surface area contributed by atoms with Crippen molar-refractivity contribution >= 4 is 38.0 Å². The van der Waals surface area contributed by atoms with Crippen LogP contribution in [0.25, 0.3) is 10.9 Å². The molecule has 0 atom stereocenters. The minimum atomic E-state index is -3.72. The maximum atomic E-state index is 13.5. The topological polar surface area (TPSA) is 50.3 Å². The van der Waals surface area contributed by atoms with Crippen LogP contribution in [0.15, 0.2) is 58.5 Å². The van der Waals surface area contributed by atoms with Crippen molar-refractivity contribution in [1.29, 1.82) is 0 Å². The van der Waals surface area contributed by atoms with E-state index in [1.54, 1.807) is 24.3 Å². The quantitative estimate of drug-likeness (QED) is 0.586. The Balaban J connectivity index is 1.95. The molecule has 146 valence electrons. The fraction of sp³-hybridized carbons (Fsp3) is 0.318. The van der Waals surface area contributed by atoms with Crippen LogP contribution in [0.3, 0.4) is 0 Å². The maximum Gasteiger partial charge on any atom is 0.210 e. The lowest BCUT2D eigenvalue weighted by Gasteiger charge is -2.34. The zero-order valence-electron chi connectivity index (χ0n) is 16.0. The average Bonchev–Trinajstić information content (AvgIpc) is 2.68. The second kappa shape index (κ2) is 7.37. The summed E-state index contributed by atoms with van der Waals surface area (Å²) in [5.74, 6) is 0.655. The van der Waals surface area contributed by atoms with Gasteiger partial charge in [0, 0.05) is 29.7 Å². The molecule has 6 heteroatoms. The second-order valence-electron chi connectivity index (χ2n) is 7.62. The van der Waals surface area contributed by atoms with Gasteiger partial charge < -0.3 is 4.90 Å². The molecule has 2 aromatic carbocycles. The average molecular weight is 415 g/mol. The highest BCUT2D eigenvalue weighted by molar-refractivity contribution is 7.91. The summed E-state index contributed by atoms with van der Waals surface area (Å²) in [7, 11) is -3.72. The molecule has 0 aliphatic carbocycles. The molecule has 1 aliphatic rings. The van der Waals surface area contributed by atoms with Crippen LogP contribution in [0.2, 0.25) is 5.02 Å². The van der Waals surface area contributed by atoms with Crippen LogP contribution in [-0.4, -0.2) is 26.5 Å². The van der Waals surface area contributed by atoms with Crippen LogP contribution in [-0.2, 0) is 9.84 Å². The van der Waals surface area contributed by atoms with Gasteiger partial charge in [0.25, 0.3) is 0 Å². The van der Waals surface area contributed by atoms with Crippen LogP contribution >= 0.6 is 11.6 Å². The molecule has 1 aliphatic heterocycles. The van der Waals surface area contributed by atoms with Crippen molar-refractivity contribution < 1.29 is 8.42 Å². The number of aromatic nitrogens is 1. The first-order valence-electron chi connectivity index (χ1n) is 9.51. The number of sulfone groups is 1. The number of nitrogens with zero attached hydrogens (tertiary/aromatic N) is 2. The molecule has 1 aromatic heterocycles. The highest BCUT2D eigenvalue weighted by atomic mass is 35.5. The third kappa shape index (κ3) is 3.49. The van der Waals surface area contributed by atoms with Crippen LogP contribution in [0.5, 0.6) is 0 Å². The highest BCUT2D eigenvalue weighted by Crippen LogP contribution is 2.38. The Kier molecular flexibility index (Phi) is 5.06. The van der Waals surface area contributed by atoms with Crippen molar-refractivity contribution in [1.82, 2.24) is 4.98 Å². The molecular weight excluding hydrogens is 392 g/mol. The Morgan fingerprint density at radius 3 is 2.43 bits per heavy atom. The second-order valence-corrected chi connectivity index (χ2v) is 9.97. The number of anilines is 1. The summed E-state index contributed by atoms with van der Waals surface area (Å²) in [6.45, 7) is 5.95. The molecule has 0 spiro atoms. The van der Waals surface area contributed by atoms with Gasteiger partial charge in [-0.1, -0.05) is 30.2 Å². The summed E-state index contributed by atoms with van der Waals surface area (Å²) in [4.78, 5) is 7.18. The molecule has 4 nitrogen and oxygen atoms in total. The summed E-state index contributed by atoms with van der Waals surface area (Å²) < 4.78 is 27.0. The minimum absolute atomic E-state index is 0.234. The van der Waals surface area contributed by atoms with Gasteiger partial charge in [-0.05, 0) is 62.1 Å². The van der Waals surface area contributed by atoms with E-state index < -0.39 is 9.84 Å². The van der Waals surface area contributed by atoms with Crippen molar-refractivity contribution in [3.05, 3.63) is 59.2 Å². The lowest BCUT2D eigenvalue weighted by Crippen LogP contribution is -2.34. The molecule has 3 aromatic rings. The summed E-state index contributed by atoms with van der Waals surface area (Å²) in [5, 5.41) is 1.40. The van der Waals surface area contributed by atoms with Gasteiger partial charge >= 0.3 is 0 Å². The SMILES string of the molecule is Cc1ccc2ncc(S(=O)(=O)c3ccc(Cl)cc3)c(N3CCC(C)CC3)c2c1. The Labute approximate surface area is 171 Å². The standard InChI is InChI=1S/C22H23ClN2O2S/c1-15-9-11-25(12-10-15)22-19-13-16(2)3-8-20(19)24-14-21(22)28(26,27)18-6-4-17(23)5-7-18/h3-8,13-15H,9-12H2,1-2H3. The van der Waals surface area contributed by atoms with Crippen LogP contribution in [0.1, 0.15) is 25.3 Å².